The van der Waals surface area contributed by atoms with Crippen LogP contribution in [0.4, 0.5) is 5.69 Å². The number of pyridine rings is 1. The molecule has 40 heavy (non-hydrogen) atoms. The summed E-state index contributed by atoms with van der Waals surface area (Å²) < 4.78 is 10.2. The first-order chi connectivity index (χ1) is 19.5. The van der Waals surface area contributed by atoms with Crippen LogP contribution in [0.25, 0.3) is 21.8 Å². The van der Waals surface area contributed by atoms with E-state index in [0.717, 1.165) is 21.8 Å². The van der Waals surface area contributed by atoms with Crippen molar-refractivity contribution in [3.05, 3.63) is 113 Å². The van der Waals surface area contributed by atoms with Crippen LogP contribution in [-0.4, -0.2) is 36.1 Å². The Hall–Kier alpha value is -5.27. The molecule has 0 fully saturated rings. The molecule has 0 bridgehead atoms. The minimum atomic E-state index is -0.937. The van der Waals surface area contributed by atoms with Crippen molar-refractivity contribution in [2.45, 2.75) is 5.92 Å². The Morgan fingerprint density at radius 3 is 2.42 bits per heavy atom. The number of hydrogen-bond acceptors (Lipinski definition) is 10. The van der Waals surface area contributed by atoms with Gasteiger partial charge in [-0.15, -0.1) is 11.3 Å². The third-order valence-electron chi connectivity index (χ3n) is 6.42. The second-order valence-corrected chi connectivity index (χ2v) is 9.52. The van der Waals surface area contributed by atoms with Gasteiger partial charge in [-0.1, -0.05) is 42.5 Å². The van der Waals surface area contributed by atoms with E-state index in [0.29, 0.717) is 11.3 Å². The molecule has 2 aromatic carbocycles. The zero-order chi connectivity index (χ0) is 28.2. The molecular formula is C30H23N5O4S. The van der Waals surface area contributed by atoms with Crippen LogP contribution in [-0.2, 0) is 19.1 Å². The minimum Gasteiger partial charge on any atom is -0.466 e. The van der Waals surface area contributed by atoms with Crippen LogP contribution in [0, 0.1) is 11.3 Å². The SMILES string of the molecule is COC(=O)C1=C(C(=O)OC)N(c2cccc(-c3nc(-c4cccnc4)cs3)c2)C(N)=C(C#N)C1c1ccccc1. The second-order valence-electron chi connectivity index (χ2n) is 8.67. The van der Waals surface area contributed by atoms with Gasteiger partial charge in [0.05, 0.1) is 43.0 Å². The molecule has 1 aliphatic heterocycles. The summed E-state index contributed by atoms with van der Waals surface area (Å²) in [6.07, 6.45) is 3.44. The number of thiazole rings is 1. The molecule has 1 atom stereocenters. The van der Waals surface area contributed by atoms with Crippen LogP contribution in [0.1, 0.15) is 11.5 Å². The van der Waals surface area contributed by atoms with Crippen LogP contribution in [0.3, 0.4) is 0 Å². The first kappa shape index (κ1) is 26.3. The van der Waals surface area contributed by atoms with Crippen LogP contribution < -0.4 is 10.6 Å². The highest BCUT2D eigenvalue weighted by Gasteiger charge is 2.43. The van der Waals surface area contributed by atoms with Crippen LogP contribution in [0.15, 0.2) is 107 Å². The van der Waals surface area contributed by atoms with E-state index in [9.17, 15) is 14.9 Å². The summed E-state index contributed by atoms with van der Waals surface area (Å²) in [7, 11) is 2.43. The summed E-state index contributed by atoms with van der Waals surface area (Å²) in [5, 5.41) is 12.9. The smallest absolute Gasteiger partial charge is 0.355 e. The molecule has 1 unspecified atom stereocenters. The van der Waals surface area contributed by atoms with Gasteiger partial charge in [-0.2, -0.15) is 5.26 Å². The van der Waals surface area contributed by atoms with Crippen LogP contribution in [0.5, 0.6) is 0 Å². The lowest BCUT2D eigenvalue weighted by molar-refractivity contribution is -0.139. The molecular weight excluding hydrogens is 526 g/mol. The van der Waals surface area contributed by atoms with Crippen molar-refractivity contribution >= 4 is 29.0 Å². The predicted molar refractivity (Wildman–Crippen MR) is 150 cm³/mol. The number of rotatable bonds is 6. The maximum atomic E-state index is 13.3. The first-order valence-corrected chi connectivity index (χ1v) is 13.0. The molecule has 2 N–H and O–H groups in total. The maximum Gasteiger partial charge on any atom is 0.355 e. The molecule has 0 saturated carbocycles. The monoisotopic (exact) mass is 549 g/mol. The average molecular weight is 550 g/mol. The van der Waals surface area contributed by atoms with E-state index in [-0.39, 0.29) is 22.7 Å². The van der Waals surface area contributed by atoms with Crippen molar-refractivity contribution in [3.63, 3.8) is 0 Å². The highest BCUT2D eigenvalue weighted by molar-refractivity contribution is 7.13. The Kier molecular flexibility index (Phi) is 7.39. The van der Waals surface area contributed by atoms with Crippen LogP contribution >= 0.6 is 11.3 Å². The minimum absolute atomic E-state index is 0.00301. The van der Waals surface area contributed by atoms with Gasteiger partial charge in [0.25, 0.3) is 0 Å². The summed E-state index contributed by atoms with van der Waals surface area (Å²) >= 11 is 1.45. The van der Waals surface area contributed by atoms with Crippen LogP contribution in [0.2, 0.25) is 0 Å². The lowest BCUT2D eigenvalue weighted by atomic mass is 9.81. The Labute approximate surface area is 234 Å². The number of aromatic nitrogens is 2. The quantitative estimate of drug-likeness (QED) is 0.338. The van der Waals surface area contributed by atoms with E-state index in [2.05, 4.69) is 11.1 Å². The normalized spacial score (nSPS) is 15.0. The van der Waals surface area contributed by atoms with E-state index in [1.54, 1.807) is 54.9 Å². The van der Waals surface area contributed by atoms with E-state index in [1.807, 2.05) is 29.6 Å². The summed E-state index contributed by atoms with van der Waals surface area (Å²) in [5.41, 5.74) is 9.97. The predicted octanol–water partition coefficient (Wildman–Crippen LogP) is 4.77. The third kappa shape index (κ3) is 4.70. The molecule has 0 spiro atoms. The highest BCUT2D eigenvalue weighted by atomic mass is 32.1. The Morgan fingerprint density at radius 1 is 1.00 bits per heavy atom. The van der Waals surface area contributed by atoms with Gasteiger partial charge in [0.15, 0.2) is 0 Å². The number of anilines is 1. The summed E-state index contributed by atoms with van der Waals surface area (Å²) in [6.45, 7) is 0. The fourth-order valence-corrected chi connectivity index (χ4v) is 5.44. The number of ether oxygens (including phenoxy) is 2. The molecule has 9 nitrogen and oxygen atoms in total. The molecule has 198 valence electrons. The number of nitrogens with two attached hydrogens (primary N) is 1. The number of nitriles is 1. The second kappa shape index (κ2) is 11.2. The Morgan fingerprint density at radius 2 is 1.75 bits per heavy atom. The average Bonchev–Trinajstić information content (AvgIpc) is 3.51. The van der Waals surface area contributed by atoms with Crippen molar-refractivity contribution in [1.82, 2.24) is 9.97 Å². The van der Waals surface area contributed by atoms with Gasteiger partial charge in [0.1, 0.15) is 16.5 Å². The number of esters is 2. The zero-order valence-electron chi connectivity index (χ0n) is 21.6. The van der Waals surface area contributed by atoms with Crippen molar-refractivity contribution < 1.29 is 19.1 Å². The Bertz CT molecular complexity index is 1690. The largest absolute Gasteiger partial charge is 0.466 e. The number of benzene rings is 2. The van der Waals surface area contributed by atoms with Crippen molar-refractivity contribution in [3.8, 4) is 27.9 Å². The van der Waals surface area contributed by atoms with Crippen molar-refractivity contribution in [1.29, 1.82) is 5.26 Å². The van der Waals surface area contributed by atoms with E-state index in [4.69, 9.17) is 20.2 Å². The zero-order valence-corrected chi connectivity index (χ0v) is 22.4. The number of methoxy groups -OCH3 is 2. The Balaban J connectivity index is 1.69. The molecule has 0 amide bonds. The first-order valence-electron chi connectivity index (χ1n) is 12.1. The number of allylic oxidation sites excluding steroid dienone is 1. The number of carbonyl (C=O) groups excluding carboxylic acids is 2. The van der Waals surface area contributed by atoms with Gasteiger partial charge < -0.3 is 15.2 Å². The van der Waals surface area contributed by atoms with Gasteiger partial charge in [-0.25, -0.2) is 14.6 Å². The molecule has 3 heterocycles. The van der Waals surface area contributed by atoms with Gasteiger partial charge >= 0.3 is 11.9 Å². The fourth-order valence-electron chi connectivity index (χ4n) is 4.61. The molecule has 10 heteroatoms. The van der Waals surface area contributed by atoms with Gasteiger partial charge in [-0.3, -0.25) is 9.88 Å². The standard InChI is InChI=1S/C30H23N5O4S/c1-38-29(36)25-24(18-8-4-3-5-9-18)22(15-31)27(32)35(26(25)30(37)39-2)21-12-6-10-19(14-21)28-34-23(17-40-28)20-11-7-13-33-16-20/h3-14,16-17,24H,32H2,1-2H3. The highest BCUT2D eigenvalue weighted by Crippen LogP contribution is 2.43. The van der Waals surface area contributed by atoms with E-state index >= 15 is 0 Å². The molecule has 0 saturated heterocycles. The topological polar surface area (TPSA) is 131 Å². The third-order valence-corrected chi connectivity index (χ3v) is 7.31. The molecule has 1 aliphatic rings. The maximum absolute atomic E-state index is 13.3. The number of hydrogen-bond donors (Lipinski definition) is 1. The van der Waals surface area contributed by atoms with E-state index < -0.39 is 17.9 Å². The van der Waals surface area contributed by atoms with Gasteiger partial charge in [-0.05, 0) is 29.8 Å². The summed E-state index contributed by atoms with van der Waals surface area (Å²) in [6, 6.07) is 22.0. The van der Waals surface area contributed by atoms with Crippen molar-refractivity contribution in [2.24, 2.45) is 5.73 Å². The molecule has 0 aliphatic carbocycles. The summed E-state index contributed by atoms with van der Waals surface area (Å²) in [5.74, 6) is -2.53. The number of nitrogens with zero attached hydrogens (tertiary/aromatic N) is 4. The van der Waals surface area contributed by atoms with Gasteiger partial charge in [0, 0.05) is 34.6 Å². The van der Waals surface area contributed by atoms with Gasteiger partial charge in [0.2, 0.25) is 0 Å². The molecule has 0 radical (unpaired) electrons. The lowest BCUT2D eigenvalue weighted by Gasteiger charge is -2.36. The van der Waals surface area contributed by atoms with Crippen molar-refractivity contribution in [2.75, 3.05) is 19.1 Å². The van der Waals surface area contributed by atoms with E-state index in [1.165, 1.54) is 30.5 Å². The molecule has 2 aromatic heterocycles. The number of carbonyl (C=O) groups is 2. The molecule has 4 aromatic rings. The molecule has 5 rings (SSSR count). The lowest BCUT2D eigenvalue weighted by Crippen LogP contribution is -2.40. The fraction of sp³-hybridized carbons (Fsp3) is 0.100. The summed E-state index contributed by atoms with van der Waals surface area (Å²) in [4.78, 5) is 36.8.